The minimum atomic E-state index is -0.291. The van der Waals surface area contributed by atoms with Gasteiger partial charge >= 0.3 is 0 Å². The van der Waals surface area contributed by atoms with Crippen molar-refractivity contribution in [3.63, 3.8) is 0 Å². The van der Waals surface area contributed by atoms with Crippen LogP contribution in [-0.2, 0) is 0 Å². The van der Waals surface area contributed by atoms with Gasteiger partial charge in [-0.15, -0.1) is 23.7 Å². The molecule has 1 aromatic rings. The summed E-state index contributed by atoms with van der Waals surface area (Å²) in [6, 6.07) is 4.08. The summed E-state index contributed by atoms with van der Waals surface area (Å²) in [5, 5.41) is 12.4. The molecule has 2 nitrogen and oxygen atoms in total. The maximum atomic E-state index is 10.4. The zero-order valence-corrected chi connectivity index (χ0v) is 13.8. The van der Waals surface area contributed by atoms with Crippen LogP contribution in [0.3, 0.4) is 0 Å². The van der Waals surface area contributed by atoms with Crippen LogP contribution in [0.25, 0.3) is 0 Å². The molecule has 2 fully saturated rings. The van der Waals surface area contributed by atoms with E-state index < -0.39 is 0 Å². The van der Waals surface area contributed by atoms with Crippen LogP contribution < -0.4 is 0 Å². The Morgan fingerprint density at radius 1 is 1.35 bits per heavy atom. The number of thiophene rings is 1. The van der Waals surface area contributed by atoms with Gasteiger partial charge in [-0.1, -0.05) is 19.4 Å². The van der Waals surface area contributed by atoms with Crippen LogP contribution in [0.15, 0.2) is 17.5 Å². The zero-order valence-electron chi connectivity index (χ0n) is 12.2. The fourth-order valence-electron chi connectivity index (χ4n) is 3.84. The van der Waals surface area contributed by atoms with Gasteiger partial charge in [-0.2, -0.15) is 0 Å². The minimum absolute atomic E-state index is 0. The third kappa shape index (κ3) is 3.76. The number of aliphatic hydroxyl groups excluding tert-OH is 1. The van der Waals surface area contributed by atoms with E-state index in [-0.39, 0.29) is 18.5 Å². The van der Waals surface area contributed by atoms with Crippen LogP contribution in [0.2, 0.25) is 0 Å². The predicted molar refractivity (Wildman–Crippen MR) is 87.6 cm³/mol. The number of rotatable bonds is 4. The van der Waals surface area contributed by atoms with Crippen molar-refractivity contribution in [2.75, 3.05) is 19.6 Å². The molecule has 1 aromatic heterocycles. The second kappa shape index (κ2) is 7.26. The minimum Gasteiger partial charge on any atom is -0.387 e. The molecule has 0 aromatic carbocycles. The summed E-state index contributed by atoms with van der Waals surface area (Å²) in [7, 11) is 0. The lowest BCUT2D eigenvalue weighted by molar-refractivity contribution is 0.0864. The van der Waals surface area contributed by atoms with Crippen molar-refractivity contribution in [1.29, 1.82) is 0 Å². The highest BCUT2D eigenvalue weighted by atomic mass is 35.5. The molecule has 0 amide bonds. The SMILES string of the molecule is CC(CN1CCC2CCC(C2)C1)C(O)c1cccs1.Cl. The zero-order chi connectivity index (χ0) is 13.2. The molecule has 2 aliphatic rings. The average Bonchev–Trinajstić information content (AvgIpc) is 3.01. The number of halogens is 1. The van der Waals surface area contributed by atoms with Crippen LogP contribution >= 0.6 is 23.7 Å². The molecule has 0 radical (unpaired) electrons. The number of likely N-dealkylation sites (tertiary alicyclic amines) is 1. The molecule has 1 saturated heterocycles. The van der Waals surface area contributed by atoms with E-state index in [9.17, 15) is 5.11 Å². The van der Waals surface area contributed by atoms with Crippen molar-refractivity contribution in [2.45, 2.75) is 38.7 Å². The first-order valence-corrected chi connectivity index (χ1v) is 8.54. The molecular weight excluding hydrogens is 290 g/mol. The van der Waals surface area contributed by atoms with E-state index in [2.05, 4.69) is 23.3 Å². The van der Waals surface area contributed by atoms with Crippen LogP contribution in [0, 0.1) is 17.8 Å². The monoisotopic (exact) mass is 315 g/mol. The number of hydrogen-bond donors (Lipinski definition) is 1. The van der Waals surface area contributed by atoms with Crippen LogP contribution in [0.4, 0.5) is 0 Å². The van der Waals surface area contributed by atoms with Gasteiger partial charge in [0.15, 0.2) is 0 Å². The molecule has 114 valence electrons. The number of nitrogens with zero attached hydrogens (tertiary/aromatic N) is 1. The summed E-state index contributed by atoms with van der Waals surface area (Å²) in [5.74, 6) is 2.25. The number of fused-ring (bicyclic) bond motifs is 2. The molecule has 1 aliphatic carbocycles. The normalized spacial score (nSPS) is 29.5. The van der Waals surface area contributed by atoms with E-state index in [1.165, 1.54) is 38.8 Å². The molecule has 4 atom stereocenters. The molecule has 2 heterocycles. The fourth-order valence-corrected chi connectivity index (χ4v) is 4.68. The van der Waals surface area contributed by atoms with Crippen molar-refractivity contribution >= 4 is 23.7 Å². The Morgan fingerprint density at radius 2 is 2.15 bits per heavy atom. The van der Waals surface area contributed by atoms with Crippen molar-refractivity contribution in [2.24, 2.45) is 17.8 Å². The Bertz CT molecular complexity index is 397. The third-order valence-corrected chi connectivity index (χ3v) is 5.88. The van der Waals surface area contributed by atoms with Gasteiger partial charge in [0.2, 0.25) is 0 Å². The average molecular weight is 316 g/mol. The van der Waals surface area contributed by atoms with E-state index in [0.29, 0.717) is 5.92 Å². The highest BCUT2D eigenvalue weighted by molar-refractivity contribution is 7.10. The summed E-state index contributed by atoms with van der Waals surface area (Å²) < 4.78 is 0. The van der Waals surface area contributed by atoms with Crippen LogP contribution in [0.5, 0.6) is 0 Å². The van der Waals surface area contributed by atoms with Gasteiger partial charge in [-0.3, -0.25) is 0 Å². The van der Waals surface area contributed by atoms with Gasteiger partial charge < -0.3 is 10.0 Å². The molecule has 4 unspecified atom stereocenters. The van der Waals surface area contributed by atoms with Crippen molar-refractivity contribution in [1.82, 2.24) is 4.90 Å². The molecule has 0 spiro atoms. The first-order valence-electron chi connectivity index (χ1n) is 7.66. The summed E-state index contributed by atoms with van der Waals surface area (Å²) in [6.45, 7) is 5.73. The van der Waals surface area contributed by atoms with Gasteiger partial charge in [-0.25, -0.2) is 0 Å². The molecule has 20 heavy (non-hydrogen) atoms. The van der Waals surface area contributed by atoms with E-state index in [1.807, 2.05) is 6.07 Å². The van der Waals surface area contributed by atoms with E-state index in [1.54, 1.807) is 11.3 Å². The van der Waals surface area contributed by atoms with Crippen molar-refractivity contribution in [3.8, 4) is 0 Å². The lowest BCUT2D eigenvalue weighted by Crippen LogP contribution is -2.34. The van der Waals surface area contributed by atoms with Gasteiger partial charge in [-0.05, 0) is 55.0 Å². The van der Waals surface area contributed by atoms with E-state index in [0.717, 1.165) is 23.3 Å². The highest BCUT2D eigenvalue weighted by Crippen LogP contribution is 2.37. The lowest BCUT2D eigenvalue weighted by Gasteiger charge is -2.29. The quantitative estimate of drug-likeness (QED) is 0.909. The molecule has 1 N–H and O–H groups in total. The topological polar surface area (TPSA) is 23.5 Å². The molecule has 1 saturated carbocycles. The van der Waals surface area contributed by atoms with Gasteiger partial charge in [0.05, 0.1) is 6.10 Å². The second-order valence-electron chi connectivity index (χ2n) is 6.53. The Kier molecular flexibility index (Phi) is 5.91. The Balaban J connectivity index is 0.00000147. The smallest absolute Gasteiger partial charge is 0.0919 e. The maximum Gasteiger partial charge on any atom is 0.0919 e. The Morgan fingerprint density at radius 3 is 2.90 bits per heavy atom. The molecule has 4 heteroatoms. The molecule has 1 aliphatic heterocycles. The number of hydrogen-bond acceptors (Lipinski definition) is 3. The van der Waals surface area contributed by atoms with E-state index in [4.69, 9.17) is 0 Å². The first-order chi connectivity index (χ1) is 9.22. The Hall–Kier alpha value is -0.0900. The summed E-state index contributed by atoms with van der Waals surface area (Å²) >= 11 is 1.67. The van der Waals surface area contributed by atoms with Crippen molar-refractivity contribution in [3.05, 3.63) is 22.4 Å². The van der Waals surface area contributed by atoms with Crippen LogP contribution in [0.1, 0.15) is 43.6 Å². The van der Waals surface area contributed by atoms with Gasteiger partial charge in [0.1, 0.15) is 0 Å². The largest absolute Gasteiger partial charge is 0.387 e. The summed E-state index contributed by atoms with van der Waals surface area (Å²) in [6.07, 6.45) is 5.44. The summed E-state index contributed by atoms with van der Waals surface area (Å²) in [4.78, 5) is 3.72. The van der Waals surface area contributed by atoms with Gasteiger partial charge in [0, 0.05) is 18.0 Å². The lowest BCUT2D eigenvalue weighted by atomic mass is 10.0. The standard InChI is InChI=1S/C16H25NOS.ClH/c1-12(16(18)15-3-2-8-19-15)10-17-7-6-13-4-5-14(9-13)11-17;/h2-3,8,12-14,16,18H,4-7,9-11H2,1H3;1H. The number of aliphatic hydroxyl groups is 1. The van der Waals surface area contributed by atoms with E-state index >= 15 is 0 Å². The molecular formula is C16H26ClNOS. The van der Waals surface area contributed by atoms with Gasteiger partial charge in [0.25, 0.3) is 0 Å². The fraction of sp³-hybridized carbons (Fsp3) is 0.750. The Labute approximate surface area is 132 Å². The van der Waals surface area contributed by atoms with Crippen molar-refractivity contribution < 1.29 is 5.11 Å². The molecule has 2 bridgehead atoms. The predicted octanol–water partition coefficient (Wildman–Crippen LogP) is 3.96. The maximum absolute atomic E-state index is 10.4. The van der Waals surface area contributed by atoms with Crippen LogP contribution in [-0.4, -0.2) is 29.6 Å². The molecule has 3 rings (SSSR count). The summed E-state index contributed by atoms with van der Waals surface area (Å²) in [5.41, 5.74) is 0. The third-order valence-electron chi connectivity index (χ3n) is 4.94. The highest BCUT2D eigenvalue weighted by Gasteiger charge is 2.31. The second-order valence-corrected chi connectivity index (χ2v) is 7.51. The first kappa shape index (κ1) is 16.3.